The van der Waals surface area contributed by atoms with Crippen LogP contribution in [0.5, 0.6) is 0 Å². The summed E-state index contributed by atoms with van der Waals surface area (Å²) in [5, 5.41) is 14.4. The van der Waals surface area contributed by atoms with Gasteiger partial charge in [0, 0.05) is 32.9 Å². The molecule has 0 aliphatic rings. The number of benzene rings is 7. The SMILES string of the molecule is [C-]#[N+]c1cc(-c2c(-c3ccc4c(c3)c3ccccc3n4-c3ccccc3)ccc3c2c2ccccc2n3-c2ccccc2)ccc1C#N. The quantitative estimate of drug-likeness (QED) is 0.183. The van der Waals surface area contributed by atoms with Crippen LogP contribution in [0.3, 0.4) is 0 Å². The van der Waals surface area contributed by atoms with Crippen LogP contribution < -0.4 is 0 Å². The van der Waals surface area contributed by atoms with Crippen LogP contribution in [0.2, 0.25) is 0 Å². The number of aromatic nitrogens is 2. The molecule has 7 aromatic carbocycles. The predicted octanol–water partition coefficient (Wildman–Crippen LogP) is 11.6. The number of nitrogens with zero attached hydrogens (tertiary/aromatic N) is 4. The topological polar surface area (TPSA) is 38.0 Å². The van der Waals surface area contributed by atoms with Gasteiger partial charge in [0.2, 0.25) is 5.69 Å². The van der Waals surface area contributed by atoms with E-state index in [-0.39, 0.29) is 0 Å². The summed E-state index contributed by atoms with van der Waals surface area (Å²) in [6.07, 6.45) is 0. The normalized spacial score (nSPS) is 11.3. The van der Waals surface area contributed by atoms with E-state index in [0.717, 1.165) is 66.5 Å². The first kappa shape index (κ1) is 27.4. The van der Waals surface area contributed by atoms with E-state index in [0.29, 0.717) is 11.3 Å². The third-order valence-electron chi connectivity index (χ3n) is 9.38. The Balaban J connectivity index is 1.40. The fourth-order valence-corrected chi connectivity index (χ4v) is 7.33. The Labute approximate surface area is 277 Å². The molecular formula is C44H26N4. The van der Waals surface area contributed by atoms with Gasteiger partial charge in [-0.2, -0.15) is 5.26 Å². The zero-order chi connectivity index (χ0) is 32.2. The predicted molar refractivity (Wildman–Crippen MR) is 197 cm³/mol. The fourth-order valence-electron chi connectivity index (χ4n) is 7.33. The molecule has 0 N–H and O–H groups in total. The summed E-state index contributed by atoms with van der Waals surface area (Å²) < 4.78 is 4.64. The second-order valence-corrected chi connectivity index (χ2v) is 11.9. The van der Waals surface area contributed by atoms with Gasteiger partial charge in [-0.15, -0.1) is 0 Å². The van der Waals surface area contributed by atoms with E-state index in [2.05, 4.69) is 147 Å². The van der Waals surface area contributed by atoms with Crippen molar-refractivity contribution < 1.29 is 0 Å². The molecule has 4 heteroatoms. The monoisotopic (exact) mass is 610 g/mol. The van der Waals surface area contributed by atoms with E-state index >= 15 is 0 Å². The van der Waals surface area contributed by atoms with Gasteiger partial charge >= 0.3 is 0 Å². The minimum absolute atomic E-state index is 0.353. The Hall–Kier alpha value is -6.88. The Morgan fingerprint density at radius 3 is 1.75 bits per heavy atom. The zero-order valence-electron chi connectivity index (χ0n) is 25.8. The van der Waals surface area contributed by atoms with Gasteiger partial charge in [0.1, 0.15) is 0 Å². The first-order valence-electron chi connectivity index (χ1n) is 15.9. The Morgan fingerprint density at radius 2 is 1.06 bits per heavy atom. The first-order chi connectivity index (χ1) is 23.7. The van der Waals surface area contributed by atoms with Crippen LogP contribution in [0, 0.1) is 17.9 Å². The molecule has 0 saturated carbocycles. The van der Waals surface area contributed by atoms with Gasteiger partial charge in [0.25, 0.3) is 0 Å². The van der Waals surface area contributed by atoms with Gasteiger partial charge in [-0.3, -0.25) is 0 Å². The molecule has 2 aromatic heterocycles. The number of hydrogen-bond donors (Lipinski definition) is 0. The average molecular weight is 611 g/mol. The molecule has 9 rings (SSSR count). The first-order valence-corrected chi connectivity index (χ1v) is 15.9. The molecule has 0 aliphatic heterocycles. The van der Waals surface area contributed by atoms with Gasteiger partial charge in [-0.1, -0.05) is 97.1 Å². The zero-order valence-corrected chi connectivity index (χ0v) is 25.8. The maximum Gasteiger partial charge on any atom is 0.205 e. The van der Waals surface area contributed by atoms with Gasteiger partial charge in [0.05, 0.1) is 40.3 Å². The molecule has 9 aromatic rings. The fraction of sp³-hybridized carbons (Fsp3) is 0. The molecule has 0 saturated heterocycles. The second-order valence-electron chi connectivity index (χ2n) is 11.9. The van der Waals surface area contributed by atoms with Crippen LogP contribution in [0.15, 0.2) is 158 Å². The number of fused-ring (bicyclic) bond motifs is 6. The maximum atomic E-state index is 9.76. The maximum absolute atomic E-state index is 9.76. The van der Waals surface area contributed by atoms with Gasteiger partial charge in [0.15, 0.2) is 0 Å². The van der Waals surface area contributed by atoms with Crippen molar-refractivity contribution in [2.45, 2.75) is 0 Å². The number of rotatable bonds is 4. The highest BCUT2D eigenvalue weighted by Crippen LogP contribution is 2.46. The summed E-state index contributed by atoms with van der Waals surface area (Å²) in [4.78, 5) is 3.75. The van der Waals surface area contributed by atoms with E-state index in [1.54, 1.807) is 6.07 Å². The van der Waals surface area contributed by atoms with E-state index < -0.39 is 0 Å². The van der Waals surface area contributed by atoms with Crippen LogP contribution >= 0.6 is 0 Å². The molecule has 0 bridgehead atoms. The highest BCUT2D eigenvalue weighted by molar-refractivity contribution is 6.19. The molecule has 0 unspecified atom stereocenters. The molecule has 0 spiro atoms. The molecule has 4 nitrogen and oxygen atoms in total. The lowest BCUT2D eigenvalue weighted by Crippen LogP contribution is -1.94. The lowest BCUT2D eigenvalue weighted by Gasteiger charge is -2.15. The Morgan fingerprint density at radius 1 is 0.500 bits per heavy atom. The summed E-state index contributed by atoms with van der Waals surface area (Å²) in [7, 11) is 0. The average Bonchev–Trinajstić information content (AvgIpc) is 3.67. The van der Waals surface area contributed by atoms with Crippen molar-refractivity contribution in [1.82, 2.24) is 9.13 Å². The van der Waals surface area contributed by atoms with E-state index in [1.807, 2.05) is 24.3 Å². The Kier molecular flexibility index (Phi) is 6.22. The van der Waals surface area contributed by atoms with Crippen molar-refractivity contribution in [3.05, 3.63) is 175 Å². The van der Waals surface area contributed by atoms with Gasteiger partial charge in [-0.05, 0) is 82.9 Å². The van der Waals surface area contributed by atoms with Crippen molar-refractivity contribution in [2.75, 3.05) is 0 Å². The Bertz CT molecular complexity index is 2790. The summed E-state index contributed by atoms with van der Waals surface area (Å²) in [6.45, 7) is 7.88. The summed E-state index contributed by atoms with van der Waals surface area (Å²) in [5.74, 6) is 0. The summed E-state index contributed by atoms with van der Waals surface area (Å²) >= 11 is 0. The minimum Gasteiger partial charge on any atom is -0.309 e. The molecule has 0 aliphatic carbocycles. The molecular weight excluding hydrogens is 585 g/mol. The van der Waals surface area contributed by atoms with Crippen LogP contribution in [-0.4, -0.2) is 9.13 Å². The van der Waals surface area contributed by atoms with Gasteiger partial charge in [-0.25, -0.2) is 4.85 Å². The van der Waals surface area contributed by atoms with Crippen LogP contribution in [0.4, 0.5) is 5.69 Å². The van der Waals surface area contributed by atoms with E-state index in [9.17, 15) is 5.26 Å². The standard InChI is InChI=1S/C44H26N4/c1-46-38-27-30(20-21-31(38)28-45)43-34(23-25-42-44(43)36-17-9-11-19-40(36)48(42)33-14-6-3-7-15-33)29-22-24-41-37(26-29)35-16-8-10-18-39(35)47(41)32-12-4-2-5-13-32/h2-27H. The van der Waals surface area contributed by atoms with Crippen molar-refractivity contribution in [3.63, 3.8) is 0 Å². The van der Waals surface area contributed by atoms with Crippen molar-refractivity contribution in [1.29, 1.82) is 5.26 Å². The molecule has 0 atom stereocenters. The summed E-state index contributed by atoms with van der Waals surface area (Å²) in [6, 6.07) is 57.0. The van der Waals surface area contributed by atoms with Crippen molar-refractivity contribution >= 4 is 49.3 Å². The van der Waals surface area contributed by atoms with Gasteiger partial charge < -0.3 is 9.13 Å². The third kappa shape index (κ3) is 4.07. The highest BCUT2D eigenvalue weighted by Gasteiger charge is 2.21. The third-order valence-corrected chi connectivity index (χ3v) is 9.38. The highest BCUT2D eigenvalue weighted by atomic mass is 15.0. The molecule has 48 heavy (non-hydrogen) atoms. The smallest absolute Gasteiger partial charge is 0.205 e. The summed E-state index contributed by atoms with van der Waals surface area (Å²) in [5.41, 5.74) is 11.5. The number of nitriles is 1. The van der Waals surface area contributed by atoms with E-state index in [4.69, 9.17) is 6.57 Å². The number of hydrogen-bond acceptors (Lipinski definition) is 1. The van der Waals surface area contributed by atoms with Crippen LogP contribution in [-0.2, 0) is 0 Å². The van der Waals surface area contributed by atoms with Crippen molar-refractivity contribution in [3.8, 4) is 39.7 Å². The van der Waals surface area contributed by atoms with Crippen molar-refractivity contribution in [2.24, 2.45) is 0 Å². The molecule has 222 valence electrons. The van der Waals surface area contributed by atoms with Crippen LogP contribution in [0.1, 0.15) is 5.56 Å². The second kappa shape index (κ2) is 10.9. The largest absolute Gasteiger partial charge is 0.309 e. The molecule has 2 heterocycles. The minimum atomic E-state index is 0.353. The lowest BCUT2D eigenvalue weighted by molar-refractivity contribution is 1.18. The molecule has 0 amide bonds. The number of para-hydroxylation sites is 4. The molecule has 0 radical (unpaired) electrons. The molecule has 0 fully saturated rings. The van der Waals surface area contributed by atoms with Crippen LogP contribution in [0.25, 0.3) is 82.1 Å². The lowest BCUT2D eigenvalue weighted by atomic mass is 9.89. The van der Waals surface area contributed by atoms with E-state index in [1.165, 1.54) is 10.8 Å².